The van der Waals surface area contributed by atoms with Crippen LogP contribution in [0.1, 0.15) is 22.0 Å². The molecule has 3 heterocycles. The Hall–Kier alpha value is -2.49. The van der Waals surface area contributed by atoms with Gasteiger partial charge >= 0.3 is 0 Å². The van der Waals surface area contributed by atoms with Crippen molar-refractivity contribution in [1.82, 2.24) is 14.5 Å². The molecule has 1 saturated heterocycles. The third-order valence-electron chi connectivity index (χ3n) is 4.64. The normalized spacial score (nSPS) is 15.8. The molecule has 9 heteroatoms. The van der Waals surface area contributed by atoms with Gasteiger partial charge in [0.25, 0.3) is 5.91 Å². The molecular weight excluding hydrogens is 368 g/mol. The van der Waals surface area contributed by atoms with Crippen LogP contribution in [0, 0.1) is 0 Å². The molecule has 0 aliphatic carbocycles. The van der Waals surface area contributed by atoms with E-state index >= 15 is 0 Å². The van der Waals surface area contributed by atoms with Crippen LogP contribution in [-0.2, 0) is 16.5 Å². The molecule has 4 rings (SSSR count). The molecular formula is C18H20N4O4S. The maximum Gasteiger partial charge on any atom is 0.266 e. The Morgan fingerprint density at radius 2 is 2.07 bits per heavy atom. The minimum Gasteiger partial charge on any atom is -0.494 e. The fourth-order valence-electron chi connectivity index (χ4n) is 3.22. The number of aromatic nitrogens is 3. The van der Waals surface area contributed by atoms with Gasteiger partial charge in [0.15, 0.2) is 10.8 Å². The van der Waals surface area contributed by atoms with Gasteiger partial charge < -0.3 is 24.5 Å². The van der Waals surface area contributed by atoms with Crippen LogP contribution in [0.2, 0.25) is 0 Å². The van der Waals surface area contributed by atoms with Crippen LogP contribution in [0.3, 0.4) is 0 Å². The summed E-state index contributed by atoms with van der Waals surface area (Å²) in [5, 5.41) is 0.696. The van der Waals surface area contributed by atoms with Gasteiger partial charge in [-0.1, -0.05) is 6.07 Å². The molecule has 0 bridgehead atoms. The van der Waals surface area contributed by atoms with Crippen molar-refractivity contribution in [2.45, 2.75) is 5.92 Å². The summed E-state index contributed by atoms with van der Waals surface area (Å²) in [6.45, 7) is 2.41. The van der Waals surface area contributed by atoms with Gasteiger partial charge in [0, 0.05) is 13.0 Å². The minimum absolute atomic E-state index is 0.122. The van der Waals surface area contributed by atoms with Crippen LogP contribution in [0.4, 0.5) is 0 Å². The molecule has 2 N–H and O–H groups in total. The predicted octanol–water partition coefficient (Wildman–Crippen LogP) is 1.93. The van der Waals surface area contributed by atoms with Gasteiger partial charge in [-0.2, -0.15) is 0 Å². The molecule has 1 aromatic carbocycles. The first-order valence-corrected chi connectivity index (χ1v) is 9.36. The van der Waals surface area contributed by atoms with Crippen LogP contribution in [0.5, 0.6) is 5.75 Å². The van der Waals surface area contributed by atoms with Crippen molar-refractivity contribution in [3.05, 3.63) is 29.6 Å². The molecule has 0 atom stereocenters. The maximum absolute atomic E-state index is 11.5. The van der Waals surface area contributed by atoms with E-state index in [-0.39, 0.29) is 5.92 Å². The smallest absolute Gasteiger partial charge is 0.266 e. The van der Waals surface area contributed by atoms with Crippen LogP contribution < -0.4 is 10.5 Å². The molecule has 0 spiro atoms. The molecule has 1 aliphatic rings. The summed E-state index contributed by atoms with van der Waals surface area (Å²) in [6, 6.07) is 3.96. The molecule has 142 valence electrons. The van der Waals surface area contributed by atoms with E-state index in [4.69, 9.17) is 24.9 Å². The summed E-state index contributed by atoms with van der Waals surface area (Å²) >= 11 is 1.51. The van der Waals surface area contributed by atoms with Crippen LogP contribution in [0.25, 0.3) is 21.0 Å². The Kier molecular flexibility index (Phi) is 4.81. The molecule has 8 nitrogen and oxygen atoms in total. The number of carbonyl (C=O) groups is 1. The lowest BCUT2D eigenvalue weighted by atomic mass is 10.0. The summed E-state index contributed by atoms with van der Waals surface area (Å²) in [7, 11) is 3.37. The van der Waals surface area contributed by atoms with Gasteiger partial charge in [-0.25, -0.2) is 9.97 Å². The quantitative estimate of drug-likeness (QED) is 0.733. The monoisotopic (exact) mass is 388 g/mol. The zero-order chi connectivity index (χ0) is 19.0. The molecule has 0 saturated carbocycles. The van der Waals surface area contributed by atoms with E-state index in [2.05, 4.69) is 4.98 Å². The summed E-state index contributed by atoms with van der Waals surface area (Å²) in [5.41, 5.74) is 7.61. The van der Waals surface area contributed by atoms with Crippen LogP contribution in [-0.4, -0.2) is 54.0 Å². The molecule has 1 aliphatic heterocycles. The minimum atomic E-state index is -0.525. The van der Waals surface area contributed by atoms with Gasteiger partial charge in [0.1, 0.15) is 17.0 Å². The number of carbonyl (C=O) groups excluding carboxylic acids is 1. The molecule has 1 amide bonds. The molecule has 2 aromatic heterocycles. The highest BCUT2D eigenvalue weighted by Crippen LogP contribution is 2.39. The molecule has 0 unspecified atom stereocenters. The number of rotatable bonds is 4. The molecule has 0 radical (unpaired) electrons. The number of thiazole rings is 1. The zero-order valence-electron chi connectivity index (χ0n) is 15.1. The highest BCUT2D eigenvalue weighted by molar-refractivity contribution is 7.21. The number of benzene rings is 1. The number of amides is 1. The maximum atomic E-state index is 11.5. The number of nitrogens with two attached hydrogens (primary N) is 1. The van der Waals surface area contributed by atoms with E-state index in [9.17, 15) is 4.79 Å². The fourth-order valence-corrected chi connectivity index (χ4v) is 4.43. The Labute approximate surface area is 159 Å². The van der Waals surface area contributed by atoms with Crippen molar-refractivity contribution in [1.29, 1.82) is 0 Å². The summed E-state index contributed by atoms with van der Waals surface area (Å²) < 4.78 is 19.5. The van der Waals surface area contributed by atoms with E-state index in [0.717, 1.165) is 15.8 Å². The second-order valence-electron chi connectivity index (χ2n) is 6.29. The third kappa shape index (κ3) is 3.18. The topological polar surface area (TPSA) is 101 Å². The highest BCUT2D eigenvalue weighted by atomic mass is 32.1. The third-order valence-corrected chi connectivity index (χ3v) is 5.74. The second-order valence-corrected chi connectivity index (χ2v) is 7.29. The fraction of sp³-hybridized carbons (Fsp3) is 0.389. The Balaban J connectivity index is 1.85. The van der Waals surface area contributed by atoms with E-state index in [1.807, 2.05) is 12.1 Å². The lowest BCUT2D eigenvalue weighted by molar-refractivity contribution is 0.0992. The molecule has 1 fully saturated rings. The van der Waals surface area contributed by atoms with Crippen molar-refractivity contribution >= 4 is 27.5 Å². The second kappa shape index (κ2) is 7.26. The number of hydrogen-bond acceptors (Lipinski definition) is 7. The molecule has 27 heavy (non-hydrogen) atoms. The Bertz CT molecular complexity index is 989. The van der Waals surface area contributed by atoms with Crippen LogP contribution >= 0.6 is 11.3 Å². The largest absolute Gasteiger partial charge is 0.494 e. The summed E-state index contributed by atoms with van der Waals surface area (Å²) in [6.07, 6.45) is 1.47. The first kappa shape index (κ1) is 17.9. The van der Waals surface area contributed by atoms with Crippen molar-refractivity contribution in [2.75, 3.05) is 33.5 Å². The number of methoxy groups -OCH3 is 1. The van der Waals surface area contributed by atoms with Gasteiger partial charge in [0.05, 0.1) is 44.4 Å². The number of imidazole rings is 1. The highest BCUT2D eigenvalue weighted by Gasteiger charge is 2.23. The number of hydrogen-bond donors (Lipinski definition) is 1. The average Bonchev–Trinajstić information content (AvgIpc) is 3.15. The van der Waals surface area contributed by atoms with E-state index in [1.54, 1.807) is 18.7 Å². The number of primary amides is 1. The van der Waals surface area contributed by atoms with E-state index < -0.39 is 5.91 Å². The lowest BCUT2D eigenvalue weighted by Gasteiger charge is -2.15. The number of fused-ring (bicyclic) bond motifs is 1. The average molecular weight is 388 g/mol. The van der Waals surface area contributed by atoms with Crippen molar-refractivity contribution < 1.29 is 19.0 Å². The van der Waals surface area contributed by atoms with Crippen LogP contribution in [0.15, 0.2) is 18.3 Å². The van der Waals surface area contributed by atoms with Gasteiger partial charge in [-0.15, -0.1) is 11.3 Å². The van der Waals surface area contributed by atoms with Gasteiger partial charge in [-0.3, -0.25) is 4.79 Å². The van der Waals surface area contributed by atoms with E-state index in [0.29, 0.717) is 48.7 Å². The Morgan fingerprint density at radius 1 is 1.33 bits per heavy atom. The summed E-state index contributed by atoms with van der Waals surface area (Å²) in [5.74, 6) is 0.877. The van der Waals surface area contributed by atoms with Crippen molar-refractivity contribution in [2.24, 2.45) is 12.8 Å². The Morgan fingerprint density at radius 3 is 2.70 bits per heavy atom. The number of ether oxygens (including phenoxy) is 3. The van der Waals surface area contributed by atoms with Gasteiger partial charge in [-0.05, 0) is 11.6 Å². The SMILES string of the molecule is COc1ccc(C2COCCOC2)c2sc(-c3ncc(C(N)=O)n3C)nc12. The lowest BCUT2D eigenvalue weighted by Crippen LogP contribution is -2.15. The van der Waals surface area contributed by atoms with Gasteiger partial charge in [0.2, 0.25) is 0 Å². The first-order chi connectivity index (χ1) is 13.1. The van der Waals surface area contributed by atoms with E-state index in [1.165, 1.54) is 17.5 Å². The number of nitrogens with zero attached hydrogens (tertiary/aromatic N) is 3. The molecule has 3 aromatic rings. The van der Waals surface area contributed by atoms with Crippen molar-refractivity contribution in [3.63, 3.8) is 0 Å². The first-order valence-electron chi connectivity index (χ1n) is 8.55. The standard InChI is InChI=1S/C18H20N4O4S/c1-22-12(16(19)23)7-20-17(22)18-21-14-13(24-2)4-3-11(15(14)27-18)10-8-25-5-6-26-9-10/h3-4,7,10H,5-6,8-9H2,1-2H3,(H2,19,23). The zero-order valence-corrected chi connectivity index (χ0v) is 15.9. The predicted molar refractivity (Wildman–Crippen MR) is 101 cm³/mol. The summed E-state index contributed by atoms with van der Waals surface area (Å²) in [4.78, 5) is 20.6. The van der Waals surface area contributed by atoms with Crippen molar-refractivity contribution in [3.8, 4) is 16.6 Å².